The number of carboxylic acids is 1. The average molecular weight is 286 g/mol. The number of carboxylic acid groups (broad SMARTS) is 1. The van der Waals surface area contributed by atoms with Gasteiger partial charge >= 0.3 is 5.97 Å². The number of nitrogens with one attached hydrogen (secondary N) is 1. The second-order valence-corrected chi connectivity index (χ2v) is 6.44. The van der Waals surface area contributed by atoms with E-state index < -0.39 is 12.0 Å². The van der Waals surface area contributed by atoms with E-state index in [0.29, 0.717) is 12.2 Å². The Hall–Kier alpha value is -0.750. The molecule has 3 atom stereocenters. The molecule has 2 aliphatic rings. The molecule has 0 aliphatic carbocycles. The van der Waals surface area contributed by atoms with E-state index in [2.05, 4.69) is 12.2 Å². The Kier molecular flexibility index (Phi) is 5.10. The fraction of sp³-hybridized carbons (Fsp3) is 0.846. The van der Waals surface area contributed by atoms with Crippen LogP contribution in [-0.4, -0.2) is 51.6 Å². The lowest BCUT2D eigenvalue weighted by Gasteiger charge is -2.28. The summed E-state index contributed by atoms with van der Waals surface area (Å²) >= 11 is 1.60. The molecular formula is C13H22N2O3S. The number of amides is 1. The largest absolute Gasteiger partial charge is 0.480 e. The third-order valence-electron chi connectivity index (χ3n) is 3.78. The van der Waals surface area contributed by atoms with Crippen molar-refractivity contribution in [3.63, 3.8) is 0 Å². The van der Waals surface area contributed by atoms with Gasteiger partial charge in [-0.2, -0.15) is 0 Å². The fourth-order valence-electron chi connectivity index (χ4n) is 2.80. The molecule has 2 aliphatic heterocycles. The summed E-state index contributed by atoms with van der Waals surface area (Å²) in [5, 5.41) is 12.6. The first-order chi connectivity index (χ1) is 9.13. The normalized spacial score (nSPS) is 30.8. The Labute approximate surface area is 118 Å². The summed E-state index contributed by atoms with van der Waals surface area (Å²) in [6, 6.07) is -0.412. The van der Waals surface area contributed by atoms with Crippen LogP contribution in [0.1, 0.15) is 39.0 Å². The van der Waals surface area contributed by atoms with Gasteiger partial charge in [0.15, 0.2) is 0 Å². The van der Waals surface area contributed by atoms with Crippen LogP contribution in [0.4, 0.5) is 0 Å². The Morgan fingerprint density at radius 1 is 1.47 bits per heavy atom. The zero-order valence-corrected chi connectivity index (χ0v) is 12.1. The second-order valence-electron chi connectivity index (χ2n) is 5.23. The number of hydrogen-bond acceptors (Lipinski definition) is 4. The third-order valence-corrected chi connectivity index (χ3v) is 5.14. The number of carbonyl (C=O) groups is 2. The monoisotopic (exact) mass is 286 g/mol. The maximum Gasteiger partial charge on any atom is 0.327 e. The minimum absolute atomic E-state index is 0.00440. The lowest BCUT2D eigenvalue weighted by molar-refractivity contribution is -0.149. The average Bonchev–Trinajstić information content (AvgIpc) is 2.98. The van der Waals surface area contributed by atoms with Crippen molar-refractivity contribution in [2.75, 3.05) is 12.3 Å². The van der Waals surface area contributed by atoms with Crippen LogP contribution in [0.15, 0.2) is 0 Å². The van der Waals surface area contributed by atoms with Crippen LogP contribution in [0.25, 0.3) is 0 Å². The fourth-order valence-corrected chi connectivity index (χ4v) is 4.34. The molecule has 0 aromatic carbocycles. The molecule has 6 heteroatoms. The van der Waals surface area contributed by atoms with Gasteiger partial charge in [-0.1, -0.05) is 13.3 Å². The van der Waals surface area contributed by atoms with E-state index in [0.717, 1.165) is 32.2 Å². The first kappa shape index (κ1) is 14.7. The number of carbonyl (C=O) groups excluding carboxylic acids is 1. The lowest BCUT2D eigenvalue weighted by Crippen LogP contribution is -2.47. The smallest absolute Gasteiger partial charge is 0.327 e. The van der Waals surface area contributed by atoms with E-state index in [9.17, 15) is 14.7 Å². The molecule has 3 unspecified atom stereocenters. The van der Waals surface area contributed by atoms with Gasteiger partial charge in [0.05, 0.1) is 5.37 Å². The standard InChI is InChI=1S/C13H22N2O3S/c1-2-4-12-15(10(8-19-12)13(17)18)11(16)7-9-5-3-6-14-9/h9-10,12,14H,2-8H2,1H3,(H,17,18). The Bertz CT molecular complexity index is 345. The molecule has 0 aromatic rings. The van der Waals surface area contributed by atoms with Crippen molar-refractivity contribution in [2.45, 2.75) is 56.5 Å². The molecule has 0 saturated carbocycles. The minimum Gasteiger partial charge on any atom is -0.480 e. The van der Waals surface area contributed by atoms with Crippen LogP contribution < -0.4 is 5.32 Å². The van der Waals surface area contributed by atoms with Crippen LogP contribution >= 0.6 is 11.8 Å². The summed E-state index contributed by atoms with van der Waals surface area (Å²) < 4.78 is 0. The van der Waals surface area contributed by atoms with Gasteiger partial charge in [-0.05, 0) is 25.8 Å². The molecule has 0 aromatic heterocycles. The summed E-state index contributed by atoms with van der Waals surface area (Å²) in [5.74, 6) is -0.363. The SMILES string of the molecule is CCCC1SCC(C(=O)O)N1C(=O)CC1CCCN1. The van der Waals surface area contributed by atoms with Crippen molar-refractivity contribution < 1.29 is 14.7 Å². The molecule has 0 spiro atoms. The van der Waals surface area contributed by atoms with E-state index in [1.165, 1.54) is 0 Å². The number of aliphatic carboxylic acids is 1. The van der Waals surface area contributed by atoms with Gasteiger partial charge in [0.25, 0.3) is 0 Å². The summed E-state index contributed by atoms with van der Waals surface area (Å²) in [6.07, 6.45) is 4.40. The highest BCUT2D eigenvalue weighted by molar-refractivity contribution is 8.00. The van der Waals surface area contributed by atoms with Gasteiger partial charge < -0.3 is 15.3 Å². The first-order valence-electron chi connectivity index (χ1n) is 7.02. The van der Waals surface area contributed by atoms with Crippen LogP contribution in [-0.2, 0) is 9.59 Å². The third kappa shape index (κ3) is 3.42. The van der Waals surface area contributed by atoms with Crippen molar-refractivity contribution in [1.82, 2.24) is 10.2 Å². The predicted octanol–water partition coefficient (Wildman–Crippen LogP) is 1.28. The highest BCUT2D eigenvalue weighted by atomic mass is 32.2. The molecule has 5 nitrogen and oxygen atoms in total. The highest BCUT2D eigenvalue weighted by Crippen LogP contribution is 2.33. The summed E-state index contributed by atoms with van der Waals surface area (Å²) in [4.78, 5) is 25.3. The lowest BCUT2D eigenvalue weighted by atomic mass is 10.1. The quantitative estimate of drug-likeness (QED) is 0.797. The Balaban J connectivity index is 2.01. The minimum atomic E-state index is -0.876. The maximum absolute atomic E-state index is 12.4. The summed E-state index contributed by atoms with van der Waals surface area (Å²) in [6.45, 7) is 3.03. The topological polar surface area (TPSA) is 69.6 Å². The van der Waals surface area contributed by atoms with E-state index in [1.807, 2.05) is 0 Å². The van der Waals surface area contributed by atoms with Gasteiger partial charge in [-0.15, -0.1) is 11.8 Å². The van der Waals surface area contributed by atoms with Gasteiger partial charge in [-0.25, -0.2) is 4.79 Å². The van der Waals surface area contributed by atoms with Crippen LogP contribution in [0.5, 0.6) is 0 Å². The number of thioether (sulfide) groups is 1. The molecule has 19 heavy (non-hydrogen) atoms. The van der Waals surface area contributed by atoms with Gasteiger partial charge in [0, 0.05) is 18.2 Å². The molecule has 1 amide bonds. The molecule has 0 radical (unpaired) electrons. The predicted molar refractivity (Wildman–Crippen MR) is 75.1 cm³/mol. The van der Waals surface area contributed by atoms with E-state index in [4.69, 9.17) is 0 Å². The number of hydrogen-bond donors (Lipinski definition) is 2. The van der Waals surface area contributed by atoms with Crippen molar-refractivity contribution >= 4 is 23.6 Å². The Morgan fingerprint density at radius 2 is 2.26 bits per heavy atom. The summed E-state index contributed by atoms with van der Waals surface area (Å²) in [5.41, 5.74) is 0. The molecule has 2 fully saturated rings. The van der Waals surface area contributed by atoms with Gasteiger partial charge in [0.2, 0.25) is 5.91 Å². The molecular weight excluding hydrogens is 264 g/mol. The van der Waals surface area contributed by atoms with Crippen molar-refractivity contribution in [2.24, 2.45) is 0 Å². The van der Waals surface area contributed by atoms with Crippen molar-refractivity contribution in [1.29, 1.82) is 0 Å². The van der Waals surface area contributed by atoms with E-state index >= 15 is 0 Å². The molecule has 2 heterocycles. The molecule has 2 N–H and O–H groups in total. The van der Waals surface area contributed by atoms with Crippen molar-refractivity contribution in [3.8, 4) is 0 Å². The van der Waals surface area contributed by atoms with Gasteiger partial charge in [-0.3, -0.25) is 4.79 Å². The van der Waals surface area contributed by atoms with Crippen LogP contribution in [0, 0.1) is 0 Å². The molecule has 0 bridgehead atoms. The van der Waals surface area contributed by atoms with Crippen LogP contribution in [0.2, 0.25) is 0 Å². The number of rotatable bonds is 5. The molecule has 2 saturated heterocycles. The molecule has 108 valence electrons. The van der Waals surface area contributed by atoms with E-state index in [1.54, 1.807) is 16.7 Å². The van der Waals surface area contributed by atoms with Crippen molar-refractivity contribution in [3.05, 3.63) is 0 Å². The molecule has 2 rings (SSSR count). The number of nitrogens with zero attached hydrogens (tertiary/aromatic N) is 1. The van der Waals surface area contributed by atoms with Crippen LogP contribution in [0.3, 0.4) is 0 Å². The zero-order chi connectivity index (χ0) is 13.8. The zero-order valence-electron chi connectivity index (χ0n) is 11.3. The Morgan fingerprint density at radius 3 is 2.84 bits per heavy atom. The second kappa shape index (κ2) is 6.61. The maximum atomic E-state index is 12.4. The summed E-state index contributed by atoms with van der Waals surface area (Å²) in [7, 11) is 0. The van der Waals surface area contributed by atoms with Gasteiger partial charge in [0.1, 0.15) is 6.04 Å². The van der Waals surface area contributed by atoms with E-state index in [-0.39, 0.29) is 17.3 Å². The highest BCUT2D eigenvalue weighted by Gasteiger charge is 2.41. The first-order valence-corrected chi connectivity index (χ1v) is 8.07.